The molecule has 2 aromatic carbocycles. The van der Waals surface area contributed by atoms with Crippen molar-refractivity contribution in [2.75, 3.05) is 13.1 Å². The van der Waals surface area contributed by atoms with E-state index in [2.05, 4.69) is 10.0 Å². The van der Waals surface area contributed by atoms with Gasteiger partial charge in [0.15, 0.2) is 0 Å². The van der Waals surface area contributed by atoms with E-state index in [0.29, 0.717) is 18.0 Å². The van der Waals surface area contributed by atoms with E-state index in [1.54, 1.807) is 18.2 Å². The molecule has 0 aliphatic heterocycles. The number of halogens is 1. The first kappa shape index (κ1) is 18.4. The normalized spacial score (nSPS) is 11.2. The maximum absolute atomic E-state index is 12.1. The summed E-state index contributed by atoms with van der Waals surface area (Å²) < 4.78 is 26.4. The lowest BCUT2D eigenvalue weighted by atomic mass is 10.1. The topological polar surface area (TPSA) is 75.3 Å². The molecule has 24 heavy (non-hydrogen) atoms. The Labute approximate surface area is 147 Å². The lowest BCUT2D eigenvalue weighted by Gasteiger charge is -2.08. The number of hydrogen-bond donors (Lipinski definition) is 2. The molecule has 0 aliphatic rings. The molecule has 0 heterocycles. The Kier molecular flexibility index (Phi) is 6.36. The fourth-order valence-corrected chi connectivity index (χ4v) is 3.26. The molecule has 0 saturated heterocycles. The van der Waals surface area contributed by atoms with Gasteiger partial charge in [0.05, 0.1) is 11.4 Å². The minimum absolute atomic E-state index is 0.139. The highest BCUT2D eigenvalue weighted by molar-refractivity contribution is 7.89. The molecule has 0 spiro atoms. The molecule has 0 atom stereocenters. The Balaban J connectivity index is 1.79. The molecule has 2 aromatic rings. The van der Waals surface area contributed by atoms with Crippen molar-refractivity contribution >= 4 is 27.5 Å². The van der Waals surface area contributed by atoms with Crippen LogP contribution < -0.4 is 10.0 Å². The number of nitrogens with one attached hydrogen (secondary N) is 2. The van der Waals surface area contributed by atoms with Gasteiger partial charge in [0.2, 0.25) is 15.9 Å². The lowest BCUT2D eigenvalue weighted by Crippen LogP contribution is -2.37. The maximum atomic E-state index is 12.1. The van der Waals surface area contributed by atoms with Crippen molar-refractivity contribution < 1.29 is 13.2 Å². The molecule has 7 heteroatoms. The third kappa shape index (κ3) is 5.63. The van der Waals surface area contributed by atoms with Gasteiger partial charge in [-0.05, 0) is 43.2 Å². The number of amides is 1. The number of sulfonamides is 1. The SMILES string of the molecule is Cc1ccc(S(=O)(=O)NCC(=O)NCCc2cccc(Cl)c2)cc1. The van der Waals surface area contributed by atoms with E-state index in [-0.39, 0.29) is 17.3 Å². The van der Waals surface area contributed by atoms with Crippen LogP contribution in [0.25, 0.3) is 0 Å². The van der Waals surface area contributed by atoms with Crippen LogP contribution in [-0.2, 0) is 21.2 Å². The number of hydrogen-bond acceptors (Lipinski definition) is 3. The molecule has 1 amide bonds. The van der Waals surface area contributed by atoms with E-state index >= 15 is 0 Å². The molecule has 0 saturated carbocycles. The molecule has 0 aromatic heterocycles. The molecule has 128 valence electrons. The fourth-order valence-electron chi connectivity index (χ4n) is 2.06. The summed E-state index contributed by atoms with van der Waals surface area (Å²) in [5.74, 6) is -0.382. The first-order valence-corrected chi connectivity index (χ1v) is 9.30. The predicted molar refractivity (Wildman–Crippen MR) is 94.5 cm³/mol. The molecule has 0 unspecified atom stereocenters. The van der Waals surface area contributed by atoms with Crippen LogP contribution in [0.1, 0.15) is 11.1 Å². The zero-order valence-electron chi connectivity index (χ0n) is 13.3. The van der Waals surface area contributed by atoms with Gasteiger partial charge in [0, 0.05) is 11.6 Å². The third-order valence-corrected chi connectivity index (χ3v) is 5.03. The van der Waals surface area contributed by atoms with Crippen molar-refractivity contribution in [2.45, 2.75) is 18.2 Å². The van der Waals surface area contributed by atoms with Gasteiger partial charge in [0.25, 0.3) is 0 Å². The molecule has 2 N–H and O–H groups in total. The molecule has 0 aliphatic carbocycles. The monoisotopic (exact) mass is 366 g/mol. The summed E-state index contributed by atoms with van der Waals surface area (Å²) >= 11 is 5.89. The minimum Gasteiger partial charge on any atom is -0.355 e. The van der Waals surface area contributed by atoms with Gasteiger partial charge in [0.1, 0.15) is 0 Å². The smallest absolute Gasteiger partial charge is 0.241 e. The van der Waals surface area contributed by atoms with Gasteiger partial charge in [-0.25, -0.2) is 13.1 Å². The largest absolute Gasteiger partial charge is 0.355 e. The van der Waals surface area contributed by atoms with Crippen LogP contribution in [0.15, 0.2) is 53.4 Å². The van der Waals surface area contributed by atoms with Crippen LogP contribution in [0.5, 0.6) is 0 Å². The molecular formula is C17H19ClN2O3S. The number of carbonyl (C=O) groups excluding carboxylic acids is 1. The highest BCUT2D eigenvalue weighted by Gasteiger charge is 2.14. The summed E-state index contributed by atoms with van der Waals surface area (Å²) in [6.45, 7) is 1.98. The Bertz CT molecular complexity index is 805. The van der Waals surface area contributed by atoms with Crippen molar-refractivity contribution in [3.05, 3.63) is 64.7 Å². The Morgan fingerprint density at radius 2 is 1.83 bits per heavy atom. The Hall–Kier alpha value is -1.89. The van der Waals surface area contributed by atoms with Gasteiger partial charge >= 0.3 is 0 Å². The second-order valence-corrected chi connectivity index (χ2v) is 7.57. The Morgan fingerprint density at radius 1 is 1.12 bits per heavy atom. The molecule has 0 fully saturated rings. The number of rotatable bonds is 7. The zero-order valence-corrected chi connectivity index (χ0v) is 14.8. The highest BCUT2D eigenvalue weighted by Crippen LogP contribution is 2.11. The number of carbonyl (C=O) groups is 1. The van der Waals surface area contributed by atoms with Gasteiger partial charge in [-0.15, -0.1) is 0 Å². The van der Waals surface area contributed by atoms with Crippen molar-refractivity contribution in [1.82, 2.24) is 10.0 Å². The average Bonchev–Trinajstić information content (AvgIpc) is 2.54. The summed E-state index contributed by atoms with van der Waals surface area (Å²) in [5, 5.41) is 3.32. The van der Waals surface area contributed by atoms with E-state index < -0.39 is 10.0 Å². The van der Waals surface area contributed by atoms with Gasteiger partial charge < -0.3 is 5.32 Å². The van der Waals surface area contributed by atoms with E-state index in [0.717, 1.165) is 11.1 Å². The molecule has 0 radical (unpaired) electrons. The molecular weight excluding hydrogens is 348 g/mol. The predicted octanol–water partition coefficient (Wildman–Crippen LogP) is 2.29. The molecule has 0 bridgehead atoms. The van der Waals surface area contributed by atoms with Gasteiger partial charge in [-0.3, -0.25) is 4.79 Å². The second-order valence-electron chi connectivity index (χ2n) is 5.37. The zero-order chi connectivity index (χ0) is 17.6. The summed E-state index contributed by atoms with van der Waals surface area (Å²) in [5.41, 5.74) is 1.97. The summed E-state index contributed by atoms with van der Waals surface area (Å²) in [7, 11) is -3.68. The average molecular weight is 367 g/mol. The van der Waals surface area contributed by atoms with Crippen molar-refractivity contribution in [3.63, 3.8) is 0 Å². The second kappa shape index (κ2) is 8.28. The highest BCUT2D eigenvalue weighted by atomic mass is 35.5. The first-order chi connectivity index (χ1) is 11.4. The third-order valence-electron chi connectivity index (χ3n) is 3.38. The lowest BCUT2D eigenvalue weighted by molar-refractivity contribution is -0.119. The maximum Gasteiger partial charge on any atom is 0.241 e. The van der Waals surface area contributed by atoms with Crippen LogP contribution >= 0.6 is 11.6 Å². The van der Waals surface area contributed by atoms with Crippen molar-refractivity contribution in [1.29, 1.82) is 0 Å². The van der Waals surface area contributed by atoms with Crippen molar-refractivity contribution in [3.8, 4) is 0 Å². The quantitative estimate of drug-likeness (QED) is 0.789. The first-order valence-electron chi connectivity index (χ1n) is 7.44. The van der Waals surface area contributed by atoms with E-state index in [1.165, 1.54) is 12.1 Å². The number of aryl methyl sites for hydroxylation is 1. The number of benzene rings is 2. The van der Waals surface area contributed by atoms with Crippen LogP contribution in [0.2, 0.25) is 5.02 Å². The Morgan fingerprint density at radius 3 is 2.50 bits per heavy atom. The standard InChI is InChI=1S/C17H19ClN2O3S/c1-13-5-7-16(8-6-13)24(22,23)20-12-17(21)19-10-9-14-3-2-4-15(18)11-14/h2-8,11,20H,9-10,12H2,1H3,(H,19,21). The van der Waals surface area contributed by atoms with E-state index in [4.69, 9.17) is 11.6 Å². The molecule has 5 nitrogen and oxygen atoms in total. The molecule has 2 rings (SSSR count). The summed E-state index contributed by atoms with van der Waals surface area (Å²) in [6, 6.07) is 13.8. The summed E-state index contributed by atoms with van der Waals surface area (Å²) in [6.07, 6.45) is 0.622. The van der Waals surface area contributed by atoms with Crippen LogP contribution in [-0.4, -0.2) is 27.4 Å². The van der Waals surface area contributed by atoms with Crippen LogP contribution in [0.4, 0.5) is 0 Å². The van der Waals surface area contributed by atoms with E-state index in [9.17, 15) is 13.2 Å². The summed E-state index contributed by atoms with van der Waals surface area (Å²) in [4.78, 5) is 11.9. The van der Waals surface area contributed by atoms with E-state index in [1.807, 2.05) is 25.1 Å². The van der Waals surface area contributed by atoms with Crippen molar-refractivity contribution in [2.24, 2.45) is 0 Å². The van der Waals surface area contributed by atoms with Crippen LogP contribution in [0.3, 0.4) is 0 Å². The van der Waals surface area contributed by atoms with Crippen LogP contribution in [0, 0.1) is 6.92 Å². The van der Waals surface area contributed by atoms with Gasteiger partial charge in [-0.1, -0.05) is 41.4 Å². The van der Waals surface area contributed by atoms with Gasteiger partial charge in [-0.2, -0.15) is 0 Å². The minimum atomic E-state index is -3.68. The fraction of sp³-hybridized carbons (Fsp3) is 0.235.